The number of rotatable bonds is 0. The van der Waals surface area contributed by atoms with Gasteiger partial charge in [0.05, 0.1) is 0 Å². The molecule has 0 unspecified atom stereocenters. The second-order valence-corrected chi connectivity index (χ2v) is 2.08. The molecule has 0 rings (SSSR count). The fraction of sp³-hybridized carbons (Fsp3) is 0.500. The van der Waals surface area contributed by atoms with Crippen molar-refractivity contribution in [3.63, 3.8) is 0 Å². The number of hydrogen-bond donors (Lipinski definition) is 4. The molecule has 12 nitrogen and oxygen atoms in total. The maximum atomic E-state index is 9.00. The molecule has 0 aromatic heterocycles. The van der Waals surface area contributed by atoms with E-state index >= 15 is 0 Å². The van der Waals surface area contributed by atoms with Crippen LogP contribution in [0.1, 0.15) is 27.7 Å². The number of hydrogen-bond acceptors (Lipinski definition) is 4. The molecular weight excluding hydrogens is 379 g/mol. The fourth-order valence-corrected chi connectivity index (χ4v) is 0. The van der Waals surface area contributed by atoms with Crippen molar-refractivity contribution in [2.75, 3.05) is 0 Å². The molecule has 12 N–H and O–H groups in total. The third-order valence-electron chi connectivity index (χ3n) is 0. The largest absolute Gasteiger partial charge is 0.481 e. The predicted molar refractivity (Wildman–Crippen MR) is 67.7 cm³/mol. The summed E-state index contributed by atoms with van der Waals surface area (Å²) in [6, 6.07) is 0. The van der Waals surface area contributed by atoms with Crippen LogP contribution in [0.15, 0.2) is 0 Å². The Morgan fingerprint density at radius 3 is 0.476 bits per heavy atom. The number of carboxylic acid groups (broad SMARTS) is 4. The van der Waals surface area contributed by atoms with Crippen LogP contribution in [0.25, 0.3) is 0 Å². The molecule has 0 aromatic carbocycles. The van der Waals surface area contributed by atoms with Gasteiger partial charge in [0.15, 0.2) is 0 Å². The molecule has 0 atom stereocenters. The first-order valence-electron chi connectivity index (χ1n) is 3.71. The van der Waals surface area contributed by atoms with E-state index in [1.807, 2.05) is 0 Å². The van der Waals surface area contributed by atoms with Crippen LogP contribution in [-0.4, -0.2) is 66.2 Å². The van der Waals surface area contributed by atoms with Crippen LogP contribution in [0.5, 0.6) is 0 Å². The predicted octanol–water partition coefficient (Wildman–Crippen LogP) is -2.94. The summed E-state index contributed by atoms with van der Waals surface area (Å²) >= 11 is 0. The minimum absolute atomic E-state index is 0. The molecule has 13 heteroatoms. The van der Waals surface area contributed by atoms with Gasteiger partial charge >= 0.3 is 0 Å². The molecule has 0 bridgehead atoms. The SMILES string of the molecule is CC(=O)O.CC(=O)O.CC(=O)O.CC(=O)O.O.O.O.O.[Zr]. The zero-order chi connectivity index (χ0) is 14.3. The molecule has 132 valence electrons. The van der Waals surface area contributed by atoms with E-state index in [1.54, 1.807) is 0 Å². The molecule has 21 heavy (non-hydrogen) atoms. The molecule has 0 saturated heterocycles. The Bertz CT molecular complexity index is 165. The number of carbonyl (C=O) groups is 4. The third kappa shape index (κ3) is 2630. The summed E-state index contributed by atoms with van der Waals surface area (Å²) in [4.78, 5) is 36.0. The van der Waals surface area contributed by atoms with E-state index in [0.717, 1.165) is 27.7 Å². The first-order chi connectivity index (χ1) is 6.93. The van der Waals surface area contributed by atoms with E-state index in [1.165, 1.54) is 0 Å². The van der Waals surface area contributed by atoms with Gasteiger partial charge < -0.3 is 42.3 Å². The quantitative estimate of drug-likeness (QED) is 0.323. The van der Waals surface area contributed by atoms with Gasteiger partial charge in [0, 0.05) is 53.9 Å². The van der Waals surface area contributed by atoms with E-state index < -0.39 is 23.9 Å². The van der Waals surface area contributed by atoms with Crippen LogP contribution >= 0.6 is 0 Å². The van der Waals surface area contributed by atoms with Gasteiger partial charge in [-0.25, -0.2) is 0 Å². The fourth-order valence-electron chi connectivity index (χ4n) is 0. The molecule has 0 aliphatic carbocycles. The average molecular weight is 403 g/mol. The van der Waals surface area contributed by atoms with Gasteiger partial charge in [0.1, 0.15) is 0 Å². The van der Waals surface area contributed by atoms with Crippen LogP contribution in [0.4, 0.5) is 0 Å². The van der Waals surface area contributed by atoms with E-state index in [-0.39, 0.29) is 48.1 Å². The van der Waals surface area contributed by atoms with Crippen molar-refractivity contribution in [1.82, 2.24) is 0 Å². The Labute approximate surface area is 139 Å². The van der Waals surface area contributed by atoms with Gasteiger partial charge in [-0.15, -0.1) is 0 Å². The molecule has 0 heterocycles. The van der Waals surface area contributed by atoms with Crippen molar-refractivity contribution >= 4 is 23.9 Å². The molecule has 0 aliphatic rings. The minimum Gasteiger partial charge on any atom is -0.481 e. The van der Waals surface area contributed by atoms with Crippen LogP contribution < -0.4 is 0 Å². The van der Waals surface area contributed by atoms with Crippen LogP contribution in [-0.2, 0) is 45.4 Å². The smallest absolute Gasteiger partial charge is 0.300 e. The summed E-state index contributed by atoms with van der Waals surface area (Å²) in [5, 5.41) is 29.7. The van der Waals surface area contributed by atoms with Gasteiger partial charge in [0.2, 0.25) is 0 Å². The van der Waals surface area contributed by atoms with E-state index in [2.05, 4.69) is 0 Å². The Morgan fingerprint density at radius 1 is 0.476 bits per heavy atom. The first kappa shape index (κ1) is 60.3. The van der Waals surface area contributed by atoms with Crippen molar-refractivity contribution in [2.24, 2.45) is 0 Å². The molecule has 0 aromatic rings. The molecule has 0 radical (unpaired) electrons. The van der Waals surface area contributed by atoms with Crippen LogP contribution in [0.2, 0.25) is 0 Å². The number of carboxylic acids is 4. The maximum Gasteiger partial charge on any atom is 0.300 e. The molecule has 0 fully saturated rings. The van der Waals surface area contributed by atoms with Crippen molar-refractivity contribution in [3.05, 3.63) is 0 Å². The van der Waals surface area contributed by atoms with Gasteiger partial charge in [0.25, 0.3) is 23.9 Å². The maximum absolute atomic E-state index is 9.00. The van der Waals surface area contributed by atoms with Gasteiger partial charge in [-0.3, -0.25) is 19.2 Å². The third-order valence-corrected chi connectivity index (χ3v) is 0. The summed E-state index contributed by atoms with van der Waals surface area (Å²) < 4.78 is 0. The summed E-state index contributed by atoms with van der Waals surface area (Å²) in [7, 11) is 0. The first-order valence-corrected chi connectivity index (χ1v) is 3.71. The normalized spacial score (nSPS) is 4.76. The second kappa shape index (κ2) is 51.3. The van der Waals surface area contributed by atoms with Crippen molar-refractivity contribution in [1.29, 1.82) is 0 Å². The number of aliphatic carboxylic acids is 4. The van der Waals surface area contributed by atoms with E-state index in [0.29, 0.717) is 0 Å². The summed E-state index contributed by atoms with van der Waals surface area (Å²) in [5.41, 5.74) is 0. The molecule has 0 amide bonds. The minimum atomic E-state index is -0.833. The van der Waals surface area contributed by atoms with E-state index in [9.17, 15) is 0 Å². The second-order valence-electron chi connectivity index (χ2n) is 2.08. The topological polar surface area (TPSA) is 275 Å². The van der Waals surface area contributed by atoms with Gasteiger partial charge in [-0.2, -0.15) is 0 Å². The Kier molecular flexibility index (Phi) is 147. The molecule has 0 spiro atoms. The summed E-state index contributed by atoms with van der Waals surface area (Å²) in [6.45, 7) is 4.33. The molecular formula is C8H24O12Zr. The molecule has 0 aliphatic heterocycles. The summed E-state index contributed by atoms with van der Waals surface area (Å²) in [5.74, 6) is -3.33. The van der Waals surface area contributed by atoms with Crippen LogP contribution in [0.3, 0.4) is 0 Å². The van der Waals surface area contributed by atoms with Crippen LogP contribution in [0, 0.1) is 0 Å². The Balaban J connectivity index is -0.0000000121. The van der Waals surface area contributed by atoms with Gasteiger partial charge in [-0.1, -0.05) is 0 Å². The van der Waals surface area contributed by atoms with E-state index in [4.69, 9.17) is 39.6 Å². The standard InChI is InChI=1S/4C2H4O2.4H2O.Zr/c4*1-2(3)4;;;;;/h4*1H3,(H,3,4);4*1H2;. The van der Waals surface area contributed by atoms with Gasteiger partial charge in [-0.05, 0) is 0 Å². The zero-order valence-corrected chi connectivity index (χ0v) is 14.4. The van der Waals surface area contributed by atoms with Crippen molar-refractivity contribution < 1.29 is 87.7 Å². The Morgan fingerprint density at radius 2 is 0.476 bits per heavy atom. The molecule has 0 saturated carbocycles. The van der Waals surface area contributed by atoms with Crippen molar-refractivity contribution in [3.8, 4) is 0 Å². The zero-order valence-electron chi connectivity index (χ0n) is 11.9. The average Bonchev–Trinajstić information content (AvgIpc) is 1.76. The summed E-state index contributed by atoms with van der Waals surface area (Å²) in [6.07, 6.45) is 0. The van der Waals surface area contributed by atoms with Crippen molar-refractivity contribution in [2.45, 2.75) is 27.7 Å². The Hall–Kier alpha value is -1.40. The monoisotopic (exact) mass is 402 g/mol.